The number of anilines is 1. The van der Waals surface area contributed by atoms with Crippen LogP contribution in [0.25, 0.3) is 10.9 Å². The van der Waals surface area contributed by atoms with Gasteiger partial charge in [0, 0.05) is 23.3 Å². The molecule has 1 N–H and O–H groups in total. The Morgan fingerprint density at radius 2 is 1.16 bits per heavy atom. The first kappa shape index (κ1) is 28.8. The van der Waals surface area contributed by atoms with Crippen molar-refractivity contribution in [1.82, 2.24) is 4.98 Å². The fraction of sp³-hybridized carbons (Fsp3) is 0.690. The zero-order valence-corrected chi connectivity index (χ0v) is 22.0. The van der Waals surface area contributed by atoms with E-state index >= 15 is 0 Å². The number of aryl methyl sites for hydroxylation is 2. The number of aromatic nitrogens is 1. The van der Waals surface area contributed by atoms with E-state index in [1.165, 1.54) is 119 Å². The quantitative estimate of drug-likeness (QED) is 0.224. The molecule has 3 heteroatoms. The summed E-state index contributed by atoms with van der Waals surface area (Å²) in [5, 5.41) is 4.92. The highest BCUT2D eigenvalue weighted by Crippen LogP contribution is 2.24. The van der Waals surface area contributed by atoms with Crippen molar-refractivity contribution in [3.63, 3.8) is 0 Å². The average Bonchev–Trinajstić information content (AvgIpc) is 2.76. The van der Waals surface area contributed by atoms with Gasteiger partial charge in [-0.1, -0.05) is 115 Å². The summed E-state index contributed by atoms with van der Waals surface area (Å²) in [5.74, 6) is 0. The van der Waals surface area contributed by atoms with E-state index in [-0.39, 0.29) is 12.4 Å². The monoisotopic (exact) mass is 460 g/mol. The van der Waals surface area contributed by atoms with Crippen LogP contribution in [0.3, 0.4) is 0 Å². The highest BCUT2D eigenvalue weighted by molar-refractivity contribution is 5.91. The maximum Gasteiger partial charge on any atom is 0.0726 e. The summed E-state index contributed by atoms with van der Waals surface area (Å²) in [5.41, 5.74) is 4.72. The summed E-state index contributed by atoms with van der Waals surface area (Å²) in [6.07, 6.45) is 22.7. The van der Waals surface area contributed by atoms with Gasteiger partial charge in [0.2, 0.25) is 0 Å². The molecule has 0 aliphatic heterocycles. The molecule has 1 heterocycles. The van der Waals surface area contributed by atoms with Crippen molar-refractivity contribution in [2.45, 2.75) is 124 Å². The molecule has 0 spiro atoms. The third-order valence-corrected chi connectivity index (χ3v) is 6.44. The molecule has 2 nitrogen and oxygen atoms in total. The van der Waals surface area contributed by atoms with Crippen LogP contribution in [0.5, 0.6) is 0 Å². The Morgan fingerprint density at radius 1 is 0.656 bits per heavy atom. The van der Waals surface area contributed by atoms with E-state index in [1.54, 1.807) is 0 Å². The van der Waals surface area contributed by atoms with E-state index in [0.717, 1.165) is 17.8 Å². The Morgan fingerprint density at radius 3 is 1.69 bits per heavy atom. The van der Waals surface area contributed by atoms with Gasteiger partial charge >= 0.3 is 0 Å². The van der Waals surface area contributed by atoms with E-state index < -0.39 is 0 Å². The molecule has 1 aromatic heterocycles. The summed E-state index contributed by atoms with van der Waals surface area (Å²) in [6, 6.07) is 8.72. The Hall–Kier alpha value is -1.28. The lowest BCUT2D eigenvalue weighted by atomic mass is 10.0. The van der Waals surface area contributed by atoms with E-state index in [4.69, 9.17) is 0 Å². The molecule has 182 valence electrons. The van der Waals surface area contributed by atoms with Gasteiger partial charge in [-0.05, 0) is 38.5 Å². The zero-order valence-electron chi connectivity index (χ0n) is 21.2. The molecule has 2 rings (SSSR count). The first-order chi connectivity index (χ1) is 15.2. The Labute approximate surface area is 204 Å². The van der Waals surface area contributed by atoms with Crippen LogP contribution in [0, 0.1) is 13.8 Å². The van der Waals surface area contributed by atoms with Crippen molar-refractivity contribution >= 4 is 29.0 Å². The first-order valence-corrected chi connectivity index (χ1v) is 13.3. The largest absolute Gasteiger partial charge is 0.384 e. The minimum absolute atomic E-state index is 0. The van der Waals surface area contributed by atoms with E-state index in [0.29, 0.717) is 0 Å². The van der Waals surface area contributed by atoms with E-state index in [9.17, 15) is 0 Å². The molecular formula is C29H49ClN2. The van der Waals surface area contributed by atoms with Gasteiger partial charge in [0.15, 0.2) is 0 Å². The molecule has 0 unspecified atom stereocenters. The summed E-state index contributed by atoms with van der Waals surface area (Å²) in [7, 11) is 0. The normalized spacial score (nSPS) is 11.0. The second-order valence-electron chi connectivity index (χ2n) is 9.56. The number of rotatable bonds is 18. The molecule has 2 aromatic rings. The molecule has 0 saturated carbocycles. The van der Waals surface area contributed by atoms with Gasteiger partial charge in [-0.15, -0.1) is 12.4 Å². The molecule has 0 saturated heterocycles. The maximum atomic E-state index is 4.66. The fourth-order valence-electron chi connectivity index (χ4n) is 4.51. The summed E-state index contributed by atoms with van der Waals surface area (Å²) in [4.78, 5) is 4.66. The molecule has 0 fully saturated rings. The van der Waals surface area contributed by atoms with Crippen molar-refractivity contribution in [2.75, 3.05) is 11.9 Å². The molecule has 0 aliphatic carbocycles. The van der Waals surface area contributed by atoms with Crippen LogP contribution in [0.15, 0.2) is 24.3 Å². The number of nitrogens with one attached hydrogen (secondary N) is 1. The SMILES string of the molecule is CCCCCCCCCCCCCCCCCCNc1cc(C)nc2ccc(C)cc12.Cl. The van der Waals surface area contributed by atoms with Crippen LogP contribution in [-0.2, 0) is 0 Å². The van der Waals surface area contributed by atoms with Gasteiger partial charge in [0.05, 0.1) is 5.52 Å². The summed E-state index contributed by atoms with van der Waals surface area (Å²) < 4.78 is 0. The van der Waals surface area contributed by atoms with Crippen molar-refractivity contribution in [3.05, 3.63) is 35.5 Å². The Kier molecular flexibility index (Phi) is 16.3. The number of benzene rings is 1. The minimum Gasteiger partial charge on any atom is -0.384 e. The smallest absolute Gasteiger partial charge is 0.0726 e. The van der Waals surface area contributed by atoms with Crippen LogP contribution >= 0.6 is 12.4 Å². The number of hydrogen-bond acceptors (Lipinski definition) is 2. The number of hydrogen-bond donors (Lipinski definition) is 1. The topological polar surface area (TPSA) is 24.9 Å². The molecule has 0 bridgehead atoms. The lowest BCUT2D eigenvalue weighted by molar-refractivity contribution is 0.530. The lowest BCUT2D eigenvalue weighted by Crippen LogP contribution is -2.03. The van der Waals surface area contributed by atoms with Crippen LogP contribution in [0.1, 0.15) is 121 Å². The molecule has 32 heavy (non-hydrogen) atoms. The number of pyridine rings is 1. The summed E-state index contributed by atoms with van der Waals surface area (Å²) >= 11 is 0. The number of fused-ring (bicyclic) bond motifs is 1. The van der Waals surface area contributed by atoms with Gasteiger partial charge in [-0.3, -0.25) is 4.98 Å². The van der Waals surface area contributed by atoms with Crippen molar-refractivity contribution in [3.8, 4) is 0 Å². The third-order valence-electron chi connectivity index (χ3n) is 6.44. The maximum absolute atomic E-state index is 4.66. The average molecular weight is 461 g/mol. The molecule has 1 aromatic carbocycles. The van der Waals surface area contributed by atoms with E-state index in [1.807, 2.05) is 0 Å². The highest BCUT2D eigenvalue weighted by Gasteiger charge is 2.04. The Bertz CT molecular complexity index is 728. The third kappa shape index (κ3) is 12.1. The predicted octanol–water partition coefficient (Wildman–Crippen LogP) is 9.95. The first-order valence-electron chi connectivity index (χ1n) is 13.3. The number of halogens is 1. The second-order valence-corrected chi connectivity index (χ2v) is 9.56. The molecule has 0 amide bonds. The lowest BCUT2D eigenvalue weighted by Gasteiger charge is -2.11. The van der Waals surface area contributed by atoms with Crippen LogP contribution in [0.2, 0.25) is 0 Å². The van der Waals surface area contributed by atoms with Crippen molar-refractivity contribution < 1.29 is 0 Å². The van der Waals surface area contributed by atoms with Gasteiger partial charge in [0.1, 0.15) is 0 Å². The van der Waals surface area contributed by atoms with E-state index in [2.05, 4.69) is 55.3 Å². The zero-order chi connectivity index (χ0) is 22.2. The Balaban J connectivity index is 0.00000512. The van der Waals surface area contributed by atoms with Crippen molar-refractivity contribution in [1.29, 1.82) is 0 Å². The predicted molar refractivity (Wildman–Crippen MR) is 147 cm³/mol. The standard InChI is InChI=1S/C29H48N2.ClH/c1-4-5-6-7-8-9-10-11-12-13-14-15-16-17-18-19-22-30-29-24-26(3)31-28-21-20-25(2)23-27(28)29;/h20-21,23-24H,4-19,22H2,1-3H3,(H,30,31);1H. The number of unbranched alkanes of at least 4 members (excludes halogenated alkanes) is 15. The van der Waals surface area contributed by atoms with Crippen LogP contribution in [0.4, 0.5) is 5.69 Å². The minimum atomic E-state index is 0. The van der Waals surface area contributed by atoms with Gasteiger partial charge in [0.25, 0.3) is 0 Å². The molecular weight excluding hydrogens is 412 g/mol. The van der Waals surface area contributed by atoms with Crippen LogP contribution in [-0.4, -0.2) is 11.5 Å². The number of nitrogens with zero attached hydrogens (tertiary/aromatic N) is 1. The van der Waals surface area contributed by atoms with Gasteiger partial charge in [-0.25, -0.2) is 0 Å². The molecule has 0 atom stereocenters. The van der Waals surface area contributed by atoms with Crippen LogP contribution < -0.4 is 5.32 Å². The second kappa shape index (κ2) is 18.2. The molecule has 0 radical (unpaired) electrons. The highest BCUT2D eigenvalue weighted by atomic mass is 35.5. The van der Waals surface area contributed by atoms with Gasteiger partial charge < -0.3 is 5.32 Å². The fourth-order valence-corrected chi connectivity index (χ4v) is 4.51. The van der Waals surface area contributed by atoms with Crippen molar-refractivity contribution in [2.24, 2.45) is 0 Å². The molecule has 0 aliphatic rings. The summed E-state index contributed by atoms with van der Waals surface area (Å²) in [6.45, 7) is 7.59. The van der Waals surface area contributed by atoms with Gasteiger partial charge in [-0.2, -0.15) is 0 Å².